The number of nitrogens with zero attached hydrogens (tertiary/aromatic N) is 4. The molecule has 0 fully saturated rings. The molecule has 2 heterocycles. The average molecular weight is 355 g/mol. The first-order valence-electron chi connectivity index (χ1n) is 7.94. The number of rotatable bonds is 6. The van der Waals surface area contributed by atoms with Crippen molar-refractivity contribution in [2.24, 2.45) is 0 Å². The molecule has 1 aromatic carbocycles. The SMILES string of the molecule is CCNC(=O)Cn1nc(-c2nc(-c3cccc(OC)c3)no2)ccc1=O. The largest absolute Gasteiger partial charge is 0.497 e. The number of aromatic nitrogens is 4. The van der Waals surface area contributed by atoms with Gasteiger partial charge >= 0.3 is 0 Å². The Balaban J connectivity index is 1.89. The molecule has 0 aliphatic rings. The highest BCUT2D eigenvalue weighted by Crippen LogP contribution is 2.23. The summed E-state index contributed by atoms with van der Waals surface area (Å²) in [6.45, 7) is 2.08. The molecule has 0 bridgehead atoms. The molecule has 9 heteroatoms. The topological polar surface area (TPSA) is 112 Å². The molecule has 0 atom stereocenters. The Morgan fingerprint density at radius 1 is 1.31 bits per heavy atom. The molecule has 0 saturated carbocycles. The summed E-state index contributed by atoms with van der Waals surface area (Å²) in [7, 11) is 1.57. The van der Waals surface area contributed by atoms with Crippen molar-refractivity contribution >= 4 is 5.91 Å². The Kier molecular flexibility index (Phi) is 5.07. The number of ether oxygens (including phenoxy) is 1. The molecule has 0 aliphatic carbocycles. The Morgan fingerprint density at radius 2 is 2.15 bits per heavy atom. The number of hydrogen-bond acceptors (Lipinski definition) is 7. The van der Waals surface area contributed by atoms with Crippen molar-refractivity contribution in [2.45, 2.75) is 13.5 Å². The molecule has 2 aromatic heterocycles. The fourth-order valence-corrected chi connectivity index (χ4v) is 2.27. The third-order valence-corrected chi connectivity index (χ3v) is 3.51. The van der Waals surface area contributed by atoms with E-state index in [9.17, 15) is 9.59 Å². The lowest BCUT2D eigenvalue weighted by atomic mass is 10.2. The molecule has 1 N–H and O–H groups in total. The molecular weight excluding hydrogens is 338 g/mol. The number of benzene rings is 1. The van der Waals surface area contributed by atoms with Crippen LogP contribution in [0.25, 0.3) is 23.0 Å². The minimum atomic E-state index is -0.396. The summed E-state index contributed by atoms with van der Waals surface area (Å²) in [5.74, 6) is 0.874. The normalized spacial score (nSPS) is 10.5. The van der Waals surface area contributed by atoms with Crippen molar-refractivity contribution in [1.82, 2.24) is 25.2 Å². The summed E-state index contributed by atoms with van der Waals surface area (Å²) >= 11 is 0. The molecule has 0 radical (unpaired) electrons. The lowest BCUT2D eigenvalue weighted by Gasteiger charge is -2.05. The van der Waals surface area contributed by atoms with Crippen LogP contribution in [-0.2, 0) is 11.3 Å². The zero-order chi connectivity index (χ0) is 18.5. The van der Waals surface area contributed by atoms with Crippen molar-refractivity contribution in [1.29, 1.82) is 0 Å². The Bertz CT molecular complexity index is 979. The second-order valence-corrected chi connectivity index (χ2v) is 5.32. The molecule has 9 nitrogen and oxygen atoms in total. The maximum atomic E-state index is 11.9. The predicted octanol–water partition coefficient (Wildman–Crippen LogP) is 1.11. The van der Waals surface area contributed by atoms with Crippen LogP contribution in [0.3, 0.4) is 0 Å². The van der Waals surface area contributed by atoms with Gasteiger partial charge < -0.3 is 14.6 Å². The third kappa shape index (κ3) is 3.77. The summed E-state index contributed by atoms with van der Waals surface area (Å²) in [6, 6.07) is 9.99. The number of hydrogen-bond donors (Lipinski definition) is 1. The average Bonchev–Trinajstić information content (AvgIpc) is 3.14. The van der Waals surface area contributed by atoms with E-state index in [-0.39, 0.29) is 18.3 Å². The van der Waals surface area contributed by atoms with E-state index in [0.29, 0.717) is 23.8 Å². The maximum absolute atomic E-state index is 11.9. The Hall–Kier alpha value is -3.49. The quantitative estimate of drug-likeness (QED) is 0.704. The number of amides is 1. The van der Waals surface area contributed by atoms with Crippen molar-refractivity contribution in [3.8, 4) is 28.7 Å². The van der Waals surface area contributed by atoms with Crippen LogP contribution in [-0.4, -0.2) is 39.5 Å². The van der Waals surface area contributed by atoms with Gasteiger partial charge in [0.05, 0.1) is 7.11 Å². The van der Waals surface area contributed by atoms with E-state index in [4.69, 9.17) is 9.26 Å². The van der Waals surface area contributed by atoms with Gasteiger partial charge in [-0.2, -0.15) is 10.1 Å². The highest BCUT2D eigenvalue weighted by molar-refractivity contribution is 5.75. The van der Waals surface area contributed by atoms with Gasteiger partial charge in [-0.1, -0.05) is 17.3 Å². The van der Waals surface area contributed by atoms with Crippen LogP contribution in [0.5, 0.6) is 5.75 Å². The highest BCUT2D eigenvalue weighted by Gasteiger charge is 2.14. The lowest BCUT2D eigenvalue weighted by Crippen LogP contribution is -2.33. The molecule has 0 spiro atoms. The fourth-order valence-electron chi connectivity index (χ4n) is 2.27. The number of methoxy groups -OCH3 is 1. The molecule has 0 aliphatic heterocycles. The summed E-state index contributed by atoms with van der Waals surface area (Å²) in [6.07, 6.45) is 0. The molecule has 0 unspecified atom stereocenters. The van der Waals surface area contributed by atoms with Gasteiger partial charge in [0.25, 0.3) is 11.4 Å². The van der Waals surface area contributed by atoms with Crippen molar-refractivity contribution in [3.05, 3.63) is 46.8 Å². The molecule has 3 aromatic rings. The number of likely N-dealkylation sites (N-methyl/N-ethyl adjacent to an activating group) is 1. The summed E-state index contributed by atoms with van der Waals surface area (Å²) < 4.78 is 11.5. The van der Waals surface area contributed by atoms with E-state index in [1.165, 1.54) is 12.1 Å². The highest BCUT2D eigenvalue weighted by atomic mass is 16.5. The van der Waals surface area contributed by atoms with Gasteiger partial charge in [-0.15, -0.1) is 0 Å². The summed E-state index contributed by atoms with van der Waals surface area (Å²) in [5.41, 5.74) is 0.623. The molecule has 0 saturated heterocycles. The van der Waals surface area contributed by atoms with Gasteiger partial charge in [0.1, 0.15) is 18.0 Å². The van der Waals surface area contributed by atoms with E-state index >= 15 is 0 Å². The van der Waals surface area contributed by atoms with Gasteiger partial charge in [-0.25, -0.2) is 4.68 Å². The van der Waals surface area contributed by atoms with Crippen LogP contribution >= 0.6 is 0 Å². The summed E-state index contributed by atoms with van der Waals surface area (Å²) in [5, 5.41) is 10.7. The van der Waals surface area contributed by atoms with Crippen LogP contribution in [0.2, 0.25) is 0 Å². The van der Waals surface area contributed by atoms with E-state index in [0.717, 1.165) is 10.2 Å². The first kappa shape index (κ1) is 17.3. The van der Waals surface area contributed by atoms with Gasteiger partial charge in [-0.3, -0.25) is 9.59 Å². The van der Waals surface area contributed by atoms with Crippen LogP contribution in [0.15, 0.2) is 45.7 Å². The smallest absolute Gasteiger partial charge is 0.278 e. The van der Waals surface area contributed by atoms with E-state index < -0.39 is 5.56 Å². The molecule has 134 valence electrons. The predicted molar refractivity (Wildman–Crippen MR) is 92.5 cm³/mol. The van der Waals surface area contributed by atoms with Gasteiger partial charge in [0.2, 0.25) is 11.7 Å². The van der Waals surface area contributed by atoms with Gasteiger partial charge in [-0.05, 0) is 25.1 Å². The fraction of sp³-hybridized carbons (Fsp3) is 0.235. The van der Waals surface area contributed by atoms with Crippen LogP contribution < -0.4 is 15.6 Å². The third-order valence-electron chi connectivity index (χ3n) is 3.51. The Morgan fingerprint density at radius 3 is 2.92 bits per heavy atom. The maximum Gasteiger partial charge on any atom is 0.278 e. The minimum absolute atomic E-state index is 0.146. The Labute approximate surface area is 148 Å². The standard InChI is InChI=1S/C17H17N5O4/c1-3-18-14(23)10-22-15(24)8-7-13(20-22)17-19-16(21-26-17)11-5-4-6-12(9-11)25-2/h4-9H,3,10H2,1-2H3,(H,18,23). The van der Waals surface area contributed by atoms with E-state index in [1.54, 1.807) is 20.1 Å². The summed E-state index contributed by atoms with van der Waals surface area (Å²) in [4.78, 5) is 27.9. The van der Waals surface area contributed by atoms with E-state index in [1.807, 2.05) is 18.2 Å². The first-order chi connectivity index (χ1) is 12.6. The van der Waals surface area contributed by atoms with Crippen LogP contribution in [0, 0.1) is 0 Å². The second-order valence-electron chi connectivity index (χ2n) is 5.32. The number of carbonyl (C=O) groups is 1. The van der Waals surface area contributed by atoms with Crippen molar-refractivity contribution in [3.63, 3.8) is 0 Å². The zero-order valence-electron chi connectivity index (χ0n) is 14.3. The number of nitrogens with one attached hydrogen (secondary N) is 1. The molecule has 1 amide bonds. The van der Waals surface area contributed by atoms with Gasteiger partial charge in [0, 0.05) is 18.2 Å². The first-order valence-corrected chi connectivity index (χ1v) is 7.94. The van der Waals surface area contributed by atoms with Crippen LogP contribution in [0.1, 0.15) is 6.92 Å². The molecule has 26 heavy (non-hydrogen) atoms. The molecular formula is C17H17N5O4. The second kappa shape index (κ2) is 7.60. The van der Waals surface area contributed by atoms with E-state index in [2.05, 4.69) is 20.6 Å². The van der Waals surface area contributed by atoms with Crippen LogP contribution in [0.4, 0.5) is 0 Å². The van der Waals surface area contributed by atoms with Gasteiger partial charge in [0.15, 0.2) is 0 Å². The minimum Gasteiger partial charge on any atom is -0.497 e. The van der Waals surface area contributed by atoms with Crippen molar-refractivity contribution < 1.29 is 14.1 Å². The number of carbonyl (C=O) groups excluding carboxylic acids is 1. The lowest BCUT2D eigenvalue weighted by molar-refractivity contribution is -0.121. The molecule has 3 rings (SSSR count). The van der Waals surface area contributed by atoms with Crippen molar-refractivity contribution in [2.75, 3.05) is 13.7 Å². The zero-order valence-corrected chi connectivity index (χ0v) is 14.3. The monoisotopic (exact) mass is 355 g/mol.